The number of rotatable bonds is 3. The lowest BCUT2D eigenvalue weighted by atomic mass is 10.1. The Balaban J connectivity index is 1.79. The molecule has 1 aromatic rings. The molecular formula is C15H20N2O2. The van der Waals surface area contributed by atoms with Crippen molar-refractivity contribution in [2.24, 2.45) is 5.73 Å². The van der Waals surface area contributed by atoms with E-state index in [0.29, 0.717) is 13.2 Å². The first-order valence-electron chi connectivity index (χ1n) is 7.04. The van der Waals surface area contributed by atoms with Crippen molar-refractivity contribution in [2.45, 2.75) is 31.8 Å². The Morgan fingerprint density at radius 3 is 3.11 bits per heavy atom. The van der Waals surface area contributed by atoms with Crippen LogP contribution >= 0.6 is 0 Å². The molecule has 1 saturated heterocycles. The third-order valence-corrected chi connectivity index (χ3v) is 3.94. The van der Waals surface area contributed by atoms with Crippen LogP contribution in [0, 0.1) is 0 Å². The summed E-state index contributed by atoms with van der Waals surface area (Å²) in [4.78, 5) is 14.3. The third-order valence-electron chi connectivity index (χ3n) is 3.94. The standard InChI is InChI=1S/C15H20N2O2/c16-7-5-11-3-4-13-12(10-11)6-8-17(13)15(18)14-2-1-9-19-14/h3-4,10,14H,1-2,5-9,16H2. The van der Waals surface area contributed by atoms with Gasteiger partial charge in [0.15, 0.2) is 0 Å². The highest BCUT2D eigenvalue weighted by Gasteiger charge is 2.32. The Labute approximate surface area is 113 Å². The zero-order chi connectivity index (χ0) is 13.2. The minimum Gasteiger partial charge on any atom is -0.368 e. The van der Waals surface area contributed by atoms with Gasteiger partial charge in [0.25, 0.3) is 5.91 Å². The number of anilines is 1. The number of fused-ring (bicyclic) bond motifs is 1. The lowest BCUT2D eigenvalue weighted by molar-refractivity contribution is -0.127. The number of carbonyl (C=O) groups excluding carboxylic acids is 1. The number of nitrogens with two attached hydrogens (primary N) is 1. The van der Waals surface area contributed by atoms with E-state index < -0.39 is 0 Å². The van der Waals surface area contributed by atoms with Crippen LogP contribution in [0.2, 0.25) is 0 Å². The normalized spacial score (nSPS) is 21.7. The van der Waals surface area contributed by atoms with Crippen molar-refractivity contribution in [2.75, 3.05) is 24.6 Å². The van der Waals surface area contributed by atoms with E-state index in [1.54, 1.807) is 0 Å². The lowest BCUT2D eigenvalue weighted by Gasteiger charge is -2.21. The molecule has 4 heteroatoms. The van der Waals surface area contributed by atoms with E-state index in [9.17, 15) is 4.79 Å². The van der Waals surface area contributed by atoms with Gasteiger partial charge in [-0.15, -0.1) is 0 Å². The Kier molecular flexibility index (Phi) is 3.53. The average molecular weight is 260 g/mol. The molecule has 0 spiro atoms. The number of carbonyl (C=O) groups is 1. The number of hydrogen-bond acceptors (Lipinski definition) is 3. The lowest BCUT2D eigenvalue weighted by Crippen LogP contribution is -2.37. The second-order valence-electron chi connectivity index (χ2n) is 5.24. The number of amides is 1. The van der Waals surface area contributed by atoms with Crippen molar-refractivity contribution in [1.82, 2.24) is 0 Å². The van der Waals surface area contributed by atoms with Crippen molar-refractivity contribution in [1.29, 1.82) is 0 Å². The van der Waals surface area contributed by atoms with Crippen LogP contribution in [0.3, 0.4) is 0 Å². The van der Waals surface area contributed by atoms with Crippen LogP contribution in [0.15, 0.2) is 18.2 Å². The first-order valence-corrected chi connectivity index (χ1v) is 7.04. The summed E-state index contributed by atoms with van der Waals surface area (Å²) in [5.74, 6) is 0.128. The summed E-state index contributed by atoms with van der Waals surface area (Å²) in [7, 11) is 0. The van der Waals surface area contributed by atoms with Gasteiger partial charge in [-0.25, -0.2) is 0 Å². The first kappa shape index (κ1) is 12.6. The summed E-state index contributed by atoms with van der Waals surface area (Å²) in [6.07, 6.45) is 3.46. The molecule has 1 unspecified atom stereocenters. The molecule has 1 fully saturated rings. The van der Waals surface area contributed by atoms with Crippen molar-refractivity contribution in [3.8, 4) is 0 Å². The topological polar surface area (TPSA) is 55.6 Å². The maximum atomic E-state index is 12.4. The summed E-state index contributed by atoms with van der Waals surface area (Å²) < 4.78 is 5.50. The van der Waals surface area contributed by atoms with Gasteiger partial charge in [0.1, 0.15) is 6.10 Å². The van der Waals surface area contributed by atoms with E-state index in [2.05, 4.69) is 18.2 Å². The molecule has 2 N–H and O–H groups in total. The molecule has 0 saturated carbocycles. The van der Waals surface area contributed by atoms with Crippen LogP contribution < -0.4 is 10.6 Å². The van der Waals surface area contributed by atoms with Gasteiger partial charge in [-0.1, -0.05) is 12.1 Å². The van der Waals surface area contributed by atoms with Crippen LogP contribution in [-0.2, 0) is 22.4 Å². The Hall–Kier alpha value is -1.39. The molecule has 3 rings (SSSR count). The highest BCUT2D eigenvalue weighted by Crippen LogP contribution is 2.30. The molecule has 2 aliphatic heterocycles. The van der Waals surface area contributed by atoms with Gasteiger partial charge in [-0.3, -0.25) is 4.79 Å². The van der Waals surface area contributed by atoms with Crippen molar-refractivity contribution >= 4 is 11.6 Å². The van der Waals surface area contributed by atoms with Gasteiger partial charge in [0.05, 0.1) is 0 Å². The summed E-state index contributed by atoms with van der Waals surface area (Å²) in [5.41, 5.74) is 9.16. The monoisotopic (exact) mass is 260 g/mol. The van der Waals surface area contributed by atoms with Crippen LogP contribution in [0.4, 0.5) is 5.69 Å². The number of ether oxygens (including phenoxy) is 1. The third kappa shape index (κ3) is 2.38. The highest BCUT2D eigenvalue weighted by atomic mass is 16.5. The van der Waals surface area contributed by atoms with E-state index in [1.165, 1.54) is 11.1 Å². The maximum absolute atomic E-state index is 12.4. The van der Waals surface area contributed by atoms with Gasteiger partial charge in [0, 0.05) is 18.8 Å². The summed E-state index contributed by atoms with van der Waals surface area (Å²) in [6, 6.07) is 6.32. The second-order valence-corrected chi connectivity index (χ2v) is 5.24. The molecule has 2 aliphatic rings. The zero-order valence-corrected chi connectivity index (χ0v) is 11.1. The van der Waals surface area contributed by atoms with Gasteiger partial charge in [0.2, 0.25) is 0 Å². The van der Waals surface area contributed by atoms with Crippen LogP contribution in [-0.4, -0.2) is 31.7 Å². The molecule has 4 nitrogen and oxygen atoms in total. The van der Waals surface area contributed by atoms with Gasteiger partial charge < -0.3 is 15.4 Å². The minimum absolute atomic E-state index is 0.128. The zero-order valence-electron chi connectivity index (χ0n) is 11.1. The fourth-order valence-corrected chi connectivity index (χ4v) is 2.95. The summed E-state index contributed by atoms with van der Waals surface area (Å²) in [5, 5.41) is 0. The van der Waals surface area contributed by atoms with E-state index in [0.717, 1.165) is 37.9 Å². The second kappa shape index (κ2) is 5.31. The van der Waals surface area contributed by atoms with E-state index in [-0.39, 0.29) is 12.0 Å². The highest BCUT2D eigenvalue weighted by molar-refractivity contribution is 5.98. The number of hydrogen-bond donors (Lipinski definition) is 1. The smallest absolute Gasteiger partial charge is 0.256 e. The molecular weight excluding hydrogens is 240 g/mol. The molecule has 1 atom stereocenters. The molecule has 0 radical (unpaired) electrons. The maximum Gasteiger partial charge on any atom is 0.256 e. The molecule has 0 aliphatic carbocycles. The van der Waals surface area contributed by atoms with E-state index in [4.69, 9.17) is 10.5 Å². The van der Waals surface area contributed by atoms with Crippen molar-refractivity contribution in [3.63, 3.8) is 0 Å². The van der Waals surface area contributed by atoms with Crippen molar-refractivity contribution in [3.05, 3.63) is 29.3 Å². The molecule has 0 aromatic heterocycles. The fourth-order valence-electron chi connectivity index (χ4n) is 2.95. The first-order chi connectivity index (χ1) is 9.29. The van der Waals surface area contributed by atoms with Gasteiger partial charge in [-0.2, -0.15) is 0 Å². The van der Waals surface area contributed by atoms with Crippen LogP contribution in [0.1, 0.15) is 24.0 Å². The van der Waals surface area contributed by atoms with Gasteiger partial charge in [-0.05, 0) is 49.4 Å². The summed E-state index contributed by atoms with van der Waals surface area (Å²) >= 11 is 0. The Morgan fingerprint density at radius 2 is 2.37 bits per heavy atom. The van der Waals surface area contributed by atoms with E-state index in [1.807, 2.05) is 4.90 Å². The fraction of sp³-hybridized carbons (Fsp3) is 0.533. The largest absolute Gasteiger partial charge is 0.368 e. The summed E-state index contributed by atoms with van der Waals surface area (Å²) in [6.45, 7) is 2.16. The Bertz CT molecular complexity index is 481. The predicted molar refractivity (Wildman–Crippen MR) is 74.2 cm³/mol. The van der Waals surface area contributed by atoms with Crippen LogP contribution in [0.5, 0.6) is 0 Å². The van der Waals surface area contributed by atoms with Crippen molar-refractivity contribution < 1.29 is 9.53 Å². The average Bonchev–Trinajstić information content (AvgIpc) is 3.07. The SMILES string of the molecule is NCCc1ccc2c(c1)CCN2C(=O)C1CCCO1. The van der Waals surface area contributed by atoms with Crippen LogP contribution in [0.25, 0.3) is 0 Å². The molecule has 2 heterocycles. The number of benzene rings is 1. The van der Waals surface area contributed by atoms with E-state index >= 15 is 0 Å². The molecule has 1 amide bonds. The van der Waals surface area contributed by atoms with Gasteiger partial charge >= 0.3 is 0 Å². The number of nitrogens with zero attached hydrogens (tertiary/aromatic N) is 1. The molecule has 1 aromatic carbocycles. The molecule has 19 heavy (non-hydrogen) atoms. The predicted octanol–water partition coefficient (Wildman–Crippen LogP) is 1.26. The molecule has 102 valence electrons. The molecule has 0 bridgehead atoms. The Morgan fingerprint density at radius 1 is 1.47 bits per heavy atom. The minimum atomic E-state index is -0.227. The quantitative estimate of drug-likeness (QED) is 0.890.